The zero-order valence-electron chi connectivity index (χ0n) is 13.9. The SMILES string of the molecule is O=C1O[C@@H](CNS(=O)(=O)c2ccccc2F)CN1c1ccc2c(c1)OCO2. The minimum atomic E-state index is -4.06. The van der Waals surface area contributed by atoms with Crippen LogP contribution in [0.2, 0.25) is 0 Å². The molecular formula is C17H15FN2O6S. The fourth-order valence-electron chi connectivity index (χ4n) is 2.83. The summed E-state index contributed by atoms with van der Waals surface area (Å²) in [5.74, 6) is 0.250. The highest BCUT2D eigenvalue weighted by atomic mass is 32.2. The molecule has 1 N–H and O–H groups in total. The number of cyclic esters (lactones) is 1. The molecule has 10 heteroatoms. The normalized spacial score (nSPS) is 18.6. The molecule has 8 nitrogen and oxygen atoms in total. The van der Waals surface area contributed by atoms with E-state index in [1.165, 1.54) is 17.0 Å². The summed E-state index contributed by atoms with van der Waals surface area (Å²) in [5, 5.41) is 0. The number of carbonyl (C=O) groups excluding carboxylic acids is 1. The summed E-state index contributed by atoms with van der Waals surface area (Å²) in [7, 11) is -4.06. The Labute approximate surface area is 154 Å². The van der Waals surface area contributed by atoms with Gasteiger partial charge in [0.05, 0.1) is 12.2 Å². The van der Waals surface area contributed by atoms with Crippen molar-refractivity contribution < 1.29 is 31.8 Å². The number of rotatable bonds is 5. The Bertz CT molecular complexity index is 997. The number of sulfonamides is 1. The van der Waals surface area contributed by atoms with Crippen LogP contribution in [0, 0.1) is 5.82 Å². The number of hydrogen-bond acceptors (Lipinski definition) is 6. The second-order valence-corrected chi connectivity index (χ2v) is 7.67. The summed E-state index contributed by atoms with van der Waals surface area (Å²) in [6.45, 7) is 0.0748. The molecule has 2 aliphatic rings. The second-order valence-electron chi connectivity index (χ2n) is 5.94. The van der Waals surface area contributed by atoms with E-state index in [1.807, 2.05) is 0 Å². The van der Waals surface area contributed by atoms with Crippen molar-refractivity contribution in [1.29, 1.82) is 0 Å². The minimum absolute atomic E-state index is 0.115. The summed E-state index contributed by atoms with van der Waals surface area (Å²) in [6, 6.07) is 10.1. The van der Waals surface area contributed by atoms with Gasteiger partial charge in [0.1, 0.15) is 16.8 Å². The molecule has 4 rings (SSSR count). The van der Waals surface area contributed by atoms with Crippen LogP contribution in [-0.4, -0.2) is 40.5 Å². The largest absolute Gasteiger partial charge is 0.454 e. The highest BCUT2D eigenvalue weighted by molar-refractivity contribution is 7.89. The molecule has 0 unspecified atom stereocenters. The molecule has 1 saturated heterocycles. The molecule has 2 aromatic rings. The van der Waals surface area contributed by atoms with Crippen molar-refractivity contribution in [3.63, 3.8) is 0 Å². The highest BCUT2D eigenvalue weighted by Crippen LogP contribution is 2.36. The van der Waals surface area contributed by atoms with E-state index in [0.29, 0.717) is 17.2 Å². The van der Waals surface area contributed by atoms with Crippen LogP contribution in [0.4, 0.5) is 14.9 Å². The molecule has 0 saturated carbocycles. The Morgan fingerprint density at radius 3 is 2.74 bits per heavy atom. The number of ether oxygens (including phenoxy) is 3. The average Bonchev–Trinajstić information content (AvgIpc) is 3.26. The van der Waals surface area contributed by atoms with Crippen LogP contribution in [-0.2, 0) is 14.8 Å². The lowest BCUT2D eigenvalue weighted by molar-refractivity contribution is 0.143. The van der Waals surface area contributed by atoms with E-state index in [0.717, 1.165) is 12.1 Å². The van der Waals surface area contributed by atoms with Crippen molar-refractivity contribution >= 4 is 21.8 Å². The van der Waals surface area contributed by atoms with Gasteiger partial charge in [-0.3, -0.25) is 4.90 Å². The van der Waals surface area contributed by atoms with Gasteiger partial charge >= 0.3 is 6.09 Å². The van der Waals surface area contributed by atoms with E-state index in [-0.39, 0.29) is 19.9 Å². The molecule has 0 radical (unpaired) electrons. The van der Waals surface area contributed by atoms with Crippen molar-refractivity contribution in [3.05, 3.63) is 48.3 Å². The molecule has 142 valence electrons. The van der Waals surface area contributed by atoms with Crippen LogP contribution in [0.15, 0.2) is 47.4 Å². The average molecular weight is 394 g/mol. The standard InChI is InChI=1S/C17H15FN2O6S/c18-13-3-1-2-4-16(13)27(22,23)19-8-12-9-20(17(21)26-12)11-5-6-14-15(7-11)25-10-24-14/h1-7,12,19H,8-10H2/t12-/m0/s1. The maximum atomic E-state index is 13.7. The number of nitrogens with zero attached hydrogens (tertiary/aromatic N) is 1. The van der Waals surface area contributed by atoms with Gasteiger partial charge in [-0.1, -0.05) is 12.1 Å². The first-order chi connectivity index (χ1) is 12.9. The van der Waals surface area contributed by atoms with Crippen molar-refractivity contribution in [3.8, 4) is 11.5 Å². The highest BCUT2D eigenvalue weighted by Gasteiger charge is 2.34. The van der Waals surface area contributed by atoms with Crippen molar-refractivity contribution in [1.82, 2.24) is 4.72 Å². The number of nitrogens with one attached hydrogen (secondary N) is 1. The molecule has 2 aromatic carbocycles. The molecule has 27 heavy (non-hydrogen) atoms. The fourth-order valence-corrected chi connectivity index (χ4v) is 3.98. The first kappa shape index (κ1) is 17.6. The number of fused-ring (bicyclic) bond motifs is 1. The van der Waals surface area contributed by atoms with Gasteiger partial charge in [-0.05, 0) is 24.3 Å². The lowest BCUT2D eigenvalue weighted by Gasteiger charge is -2.13. The maximum Gasteiger partial charge on any atom is 0.414 e. The van der Waals surface area contributed by atoms with E-state index in [2.05, 4.69) is 4.72 Å². The molecule has 1 fully saturated rings. The molecule has 0 aromatic heterocycles. The maximum absolute atomic E-state index is 13.7. The predicted molar refractivity (Wildman–Crippen MR) is 91.8 cm³/mol. The summed E-state index contributed by atoms with van der Waals surface area (Å²) in [5.41, 5.74) is 0.545. The van der Waals surface area contributed by atoms with E-state index in [4.69, 9.17) is 14.2 Å². The van der Waals surface area contributed by atoms with Gasteiger partial charge in [-0.25, -0.2) is 22.3 Å². The molecular weight excluding hydrogens is 379 g/mol. The number of anilines is 1. The first-order valence-electron chi connectivity index (χ1n) is 8.06. The van der Waals surface area contributed by atoms with Crippen molar-refractivity contribution in [2.75, 3.05) is 24.8 Å². The number of benzene rings is 2. The van der Waals surface area contributed by atoms with Crippen LogP contribution < -0.4 is 19.1 Å². The zero-order chi connectivity index (χ0) is 19.0. The molecule has 0 aliphatic carbocycles. The van der Waals surface area contributed by atoms with E-state index in [9.17, 15) is 17.6 Å². The number of amides is 1. The Hall–Kier alpha value is -2.85. The topological polar surface area (TPSA) is 94.2 Å². The van der Waals surface area contributed by atoms with Crippen LogP contribution in [0.5, 0.6) is 11.5 Å². The monoisotopic (exact) mass is 394 g/mol. The van der Waals surface area contributed by atoms with Gasteiger partial charge < -0.3 is 14.2 Å². The number of halogens is 1. The molecule has 1 amide bonds. The molecule has 0 spiro atoms. The van der Waals surface area contributed by atoms with Gasteiger partial charge in [0.15, 0.2) is 11.5 Å². The van der Waals surface area contributed by atoms with Crippen molar-refractivity contribution in [2.24, 2.45) is 0 Å². The summed E-state index contributed by atoms with van der Waals surface area (Å²) in [4.78, 5) is 13.0. The van der Waals surface area contributed by atoms with Gasteiger partial charge in [0.25, 0.3) is 0 Å². The summed E-state index contributed by atoms with van der Waals surface area (Å²) < 4.78 is 56.2. The molecule has 1 atom stereocenters. The van der Waals surface area contributed by atoms with Gasteiger partial charge in [-0.2, -0.15) is 0 Å². The summed E-state index contributed by atoms with van der Waals surface area (Å²) in [6.07, 6.45) is -1.33. The molecule has 0 bridgehead atoms. The number of carbonyl (C=O) groups is 1. The van der Waals surface area contributed by atoms with Crippen LogP contribution in [0.3, 0.4) is 0 Å². The van der Waals surface area contributed by atoms with Crippen LogP contribution >= 0.6 is 0 Å². The minimum Gasteiger partial charge on any atom is -0.454 e. The lowest BCUT2D eigenvalue weighted by Crippen LogP contribution is -2.35. The predicted octanol–water partition coefficient (Wildman–Crippen LogP) is 1.86. The Balaban J connectivity index is 1.43. The van der Waals surface area contributed by atoms with E-state index in [1.54, 1.807) is 18.2 Å². The molecule has 2 aliphatic heterocycles. The lowest BCUT2D eigenvalue weighted by atomic mass is 10.2. The Kier molecular flexibility index (Phi) is 4.36. The fraction of sp³-hybridized carbons (Fsp3) is 0.235. The Morgan fingerprint density at radius 1 is 1.15 bits per heavy atom. The van der Waals surface area contributed by atoms with Gasteiger partial charge in [0, 0.05) is 12.6 Å². The number of hydrogen-bond donors (Lipinski definition) is 1. The van der Waals surface area contributed by atoms with Crippen LogP contribution in [0.25, 0.3) is 0 Å². The Morgan fingerprint density at radius 2 is 1.93 bits per heavy atom. The van der Waals surface area contributed by atoms with Crippen molar-refractivity contribution in [2.45, 2.75) is 11.0 Å². The quantitative estimate of drug-likeness (QED) is 0.832. The van der Waals surface area contributed by atoms with Crippen LogP contribution in [0.1, 0.15) is 0 Å². The third-order valence-corrected chi connectivity index (χ3v) is 5.63. The zero-order valence-corrected chi connectivity index (χ0v) is 14.7. The van der Waals surface area contributed by atoms with E-state index >= 15 is 0 Å². The third kappa shape index (κ3) is 3.40. The first-order valence-corrected chi connectivity index (χ1v) is 9.54. The van der Waals surface area contributed by atoms with Gasteiger partial charge in [0.2, 0.25) is 16.8 Å². The second kappa shape index (κ2) is 6.71. The smallest absolute Gasteiger partial charge is 0.414 e. The van der Waals surface area contributed by atoms with Gasteiger partial charge in [-0.15, -0.1) is 0 Å². The molecule has 2 heterocycles. The summed E-state index contributed by atoms with van der Waals surface area (Å²) >= 11 is 0. The third-order valence-electron chi connectivity index (χ3n) is 4.17. The van der Waals surface area contributed by atoms with E-state index < -0.39 is 32.9 Å².